The number of rotatable bonds is 34. The first-order valence-electron chi connectivity index (χ1n) is 25.8. The monoisotopic (exact) mass is 1100 g/mol. The number of ketones is 1. The molecule has 0 bridgehead atoms. The van der Waals surface area contributed by atoms with Crippen LogP contribution < -0.4 is 53.2 Å². The van der Waals surface area contributed by atoms with Crippen LogP contribution in [0.4, 0.5) is 0 Å². The van der Waals surface area contributed by atoms with Gasteiger partial charge < -0.3 is 37.2 Å². The van der Waals surface area contributed by atoms with Gasteiger partial charge in [-0.1, -0.05) is 69.3 Å². The minimum Gasteiger partial charge on any atom is -0.347 e. The molecule has 0 aliphatic heterocycles. The molecule has 414 valence electrons. The van der Waals surface area contributed by atoms with Crippen LogP contribution in [0.2, 0.25) is 0 Å². The second-order valence-corrected chi connectivity index (χ2v) is 20.5. The predicted octanol–water partition coefficient (Wildman–Crippen LogP) is -3.59. The summed E-state index contributed by atoms with van der Waals surface area (Å²) in [4.78, 5) is 157. The fourth-order valence-corrected chi connectivity index (χ4v) is 7.90. The Labute approximate surface area is 468 Å². The first-order valence-corrected chi connectivity index (χ1v) is 27.2. The van der Waals surface area contributed by atoms with Gasteiger partial charge in [-0.3, -0.25) is 38.4 Å². The van der Waals surface area contributed by atoms with Crippen molar-refractivity contribution in [3.05, 3.63) is 71.8 Å². The summed E-state index contributed by atoms with van der Waals surface area (Å²) in [6.07, 6.45) is -0.407. The number of nitrogens with one attached hydrogen (secondary N) is 10. The molecule has 5 atom stereocenters. The topological polar surface area (TPSA) is 325 Å². The Bertz CT molecular complexity index is 2670. The zero-order valence-electron chi connectivity index (χ0n) is 45.6. The van der Waals surface area contributed by atoms with E-state index in [1.807, 2.05) is 27.7 Å². The summed E-state index contributed by atoms with van der Waals surface area (Å²) in [5, 5.41) is 24.7. The molecular formula is C49H69B7N10O12S. The standard InChI is InChI=1S/C49H69B7N10O12S/c1-7-39(68)57-25-41(70)62-34(18-19-40(69)58-26-42(71)63-37(22-32-14-10-8-11-15-32)48(77)65-35(20-29(2)3)46(75)59-24-31(6)67)45(74)60-27-43(72)64-38(23-33-16-12-9-13-17-33)49(78)66-36(21-30(4)5)47(76)61-28-44(73)79(51)56-55-54-53-52-50/h8-17,29-30,34-38H,7,18-28H2,1-6H3,(H,57,68)(H,58,69)(H,59,75)(H,60,74)(H,61,76)(H,62,70)(H,63,71)(H,64,72)(H,65,77)(H,66,78). The second-order valence-electron chi connectivity index (χ2n) is 19.1. The van der Waals surface area contributed by atoms with Gasteiger partial charge in [0.25, 0.3) is 0 Å². The number of benzene rings is 2. The summed E-state index contributed by atoms with van der Waals surface area (Å²) < 4.78 is 0. The van der Waals surface area contributed by atoms with E-state index in [0.29, 0.717) is 11.1 Å². The van der Waals surface area contributed by atoms with Gasteiger partial charge in [0.15, 0.2) is 0 Å². The van der Waals surface area contributed by atoms with Crippen LogP contribution in [0, 0.1) is 11.8 Å². The Kier molecular flexibility index (Phi) is 32.7. The third kappa shape index (κ3) is 29.6. The van der Waals surface area contributed by atoms with Crippen molar-refractivity contribution in [3.63, 3.8) is 0 Å². The Morgan fingerprint density at radius 2 is 0.899 bits per heavy atom. The summed E-state index contributed by atoms with van der Waals surface area (Å²) in [5.41, 5.74) is 1.31. The molecule has 2 rings (SSSR count). The van der Waals surface area contributed by atoms with Crippen molar-refractivity contribution in [1.82, 2.24) is 53.2 Å². The SMILES string of the molecule is [B]B=BB=BB=S(#B)C(=O)CNC(=O)C(CC(C)C)NC(=O)C(Cc1ccccc1)NC(=O)CNC(=O)C(CCC(=O)NCC(=O)NC(Cc1ccccc1)C(=O)NC(CC(C)C)C(=O)NCC(C)=O)NC(=O)CNC(=O)CC. The molecule has 2 aromatic carbocycles. The van der Waals surface area contributed by atoms with Gasteiger partial charge in [0.1, 0.15) is 23.9 Å². The predicted molar refractivity (Wildman–Crippen MR) is 307 cm³/mol. The Morgan fingerprint density at radius 3 is 1.34 bits per heavy atom. The van der Waals surface area contributed by atoms with Gasteiger partial charge in [-0.25, -0.2) is 0 Å². The minimum atomic E-state index is -1.47. The van der Waals surface area contributed by atoms with E-state index in [4.69, 9.17) is 14.3 Å². The van der Waals surface area contributed by atoms with E-state index in [2.05, 4.69) is 53.2 Å². The van der Waals surface area contributed by atoms with E-state index in [0.717, 1.165) is 0 Å². The van der Waals surface area contributed by atoms with Crippen LogP contribution in [0.15, 0.2) is 60.7 Å². The van der Waals surface area contributed by atoms with Crippen LogP contribution in [-0.2, 0) is 70.4 Å². The van der Waals surface area contributed by atoms with Crippen molar-refractivity contribution in [2.45, 2.75) is 117 Å². The molecule has 10 N–H and O–H groups in total. The molecule has 2 radical (unpaired) electrons. The van der Waals surface area contributed by atoms with Gasteiger partial charge in [0.2, 0.25) is 41.4 Å². The quantitative estimate of drug-likeness (QED) is 0.0304. The van der Waals surface area contributed by atoms with Crippen LogP contribution in [0.3, 0.4) is 0 Å². The van der Waals surface area contributed by atoms with Crippen molar-refractivity contribution in [2.24, 2.45) is 11.8 Å². The average Bonchev–Trinajstić information content (AvgIpc) is 3.41. The van der Waals surface area contributed by atoms with Crippen LogP contribution in [0.1, 0.15) is 84.8 Å². The third-order valence-corrected chi connectivity index (χ3v) is 12.4. The molecule has 0 saturated heterocycles. The molecule has 79 heavy (non-hydrogen) atoms. The average molecular weight is 1100 g/mol. The van der Waals surface area contributed by atoms with Crippen molar-refractivity contribution in [2.75, 3.05) is 32.7 Å². The fourth-order valence-electron chi connectivity index (χ4n) is 7.25. The smallest absolute Gasteiger partial charge is 0.347 e. The van der Waals surface area contributed by atoms with Crippen molar-refractivity contribution in [3.8, 4) is 0 Å². The molecule has 0 fully saturated rings. The molecule has 2 aromatic rings. The molecule has 0 spiro atoms. The van der Waals surface area contributed by atoms with E-state index >= 15 is 0 Å². The molecule has 0 heterocycles. The number of carbonyl (C=O) groups is 12. The Hall–Kier alpha value is -6.85. The van der Waals surface area contributed by atoms with Crippen molar-refractivity contribution >= 4 is 127 Å². The molecule has 0 saturated carbocycles. The Morgan fingerprint density at radius 1 is 0.481 bits per heavy atom. The zero-order chi connectivity index (χ0) is 58.9. The van der Waals surface area contributed by atoms with Gasteiger partial charge in [0, 0.05) is 19.3 Å². The van der Waals surface area contributed by atoms with E-state index in [1.165, 1.54) is 33.0 Å². The molecule has 30 heteroatoms. The van der Waals surface area contributed by atoms with Gasteiger partial charge in [-0.15, -0.1) is 0 Å². The molecule has 0 aliphatic carbocycles. The number of amides is 10. The van der Waals surface area contributed by atoms with E-state index < -0.39 is 137 Å². The second kappa shape index (κ2) is 37.9. The van der Waals surface area contributed by atoms with Crippen LogP contribution in [0.5, 0.6) is 0 Å². The molecule has 22 nitrogen and oxygen atoms in total. The summed E-state index contributed by atoms with van der Waals surface area (Å²) in [6, 6.07) is 12.7. The van der Waals surface area contributed by atoms with Gasteiger partial charge in [-0.05, 0) is 31.2 Å². The first kappa shape index (κ1) is 68.3. The summed E-state index contributed by atoms with van der Waals surface area (Å²) in [6.45, 7) is 19.6. The zero-order valence-corrected chi connectivity index (χ0v) is 46.5. The van der Waals surface area contributed by atoms with Crippen LogP contribution in [-0.4, -0.2) is 180 Å². The fraction of sp³-hybridized carbons (Fsp3) is 0.510. The molecule has 0 aromatic heterocycles. The number of Topliss-reactive ketones (excluding diaryl/α,β-unsaturated/α-hetero) is 1. The molecular weight excluding hydrogens is 1030 g/mol. The minimum absolute atomic E-state index is 0.00956. The molecule has 10 amide bonds. The maximum atomic E-state index is 13.9. The van der Waals surface area contributed by atoms with Crippen LogP contribution in [0.25, 0.3) is 0 Å². The van der Waals surface area contributed by atoms with E-state index in [9.17, 15) is 57.5 Å². The van der Waals surface area contributed by atoms with E-state index in [1.54, 1.807) is 74.3 Å². The molecule has 5 unspecified atom stereocenters. The summed E-state index contributed by atoms with van der Waals surface area (Å²) in [7, 11) is 3.96. The van der Waals surface area contributed by atoms with Gasteiger partial charge in [-0.2, -0.15) is 0 Å². The number of carbonyl (C=O) groups excluding carboxylic acids is 12. The molecule has 0 aliphatic rings. The van der Waals surface area contributed by atoms with E-state index in [-0.39, 0.29) is 62.7 Å². The van der Waals surface area contributed by atoms with Gasteiger partial charge in [0.05, 0.1) is 19.6 Å². The van der Waals surface area contributed by atoms with Crippen LogP contribution >= 0.6 is 9.56 Å². The summed E-state index contributed by atoms with van der Waals surface area (Å²) >= 11 is 0. The van der Waals surface area contributed by atoms with Gasteiger partial charge >= 0.3 is 190 Å². The Balaban J connectivity index is 2.22. The maximum absolute atomic E-state index is 13.9. The third-order valence-electron chi connectivity index (χ3n) is 11.2. The summed E-state index contributed by atoms with van der Waals surface area (Å²) in [5.74, 6) is -7.70. The number of hydrogen-bond acceptors (Lipinski definition) is 12. The van der Waals surface area contributed by atoms with Crippen molar-refractivity contribution in [1.29, 1.82) is 0 Å². The van der Waals surface area contributed by atoms with Crippen molar-refractivity contribution < 1.29 is 57.5 Å². The normalized spacial score (nSPS) is 12.7. The first-order chi connectivity index (χ1) is 37.5. The number of hydrogen-bond donors (Lipinski definition) is 10.